The number of ether oxygens (including phenoxy) is 2. The summed E-state index contributed by atoms with van der Waals surface area (Å²) in [7, 11) is 1.19. The van der Waals surface area contributed by atoms with Gasteiger partial charge in [0.25, 0.3) is 11.8 Å². The Morgan fingerprint density at radius 3 is 2.24 bits per heavy atom. The van der Waals surface area contributed by atoms with E-state index in [-0.39, 0.29) is 40.4 Å². The van der Waals surface area contributed by atoms with Crippen molar-refractivity contribution in [3.05, 3.63) is 76.6 Å². The van der Waals surface area contributed by atoms with Crippen molar-refractivity contribution < 1.29 is 33.8 Å². The van der Waals surface area contributed by atoms with E-state index in [1.54, 1.807) is 52.0 Å². The average molecular weight is 577 g/mol. The van der Waals surface area contributed by atoms with Crippen molar-refractivity contribution in [1.82, 2.24) is 15.6 Å². The van der Waals surface area contributed by atoms with Gasteiger partial charge in [-0.05, 0) is 81.6 Å². The van der Waals surface area contributed by atoms with Crippen LogP contribution in [0.4, 0.5) is 10.5 Å². The first kappa shape index (κ1) is 31.6. The fraction of sp³-hybridized carbons (Fsp3) is 0.323. The van der Waals surface area contributed by atoms with Gasteiger partial charge in [-0.15, -0.1) is 0 Å². The Labute approximate surface area is 244 Å². The lowest BCUT2D eigenvalue weighted by Gasteiger charge is -2.19. The summed E-state index contributed by atoms with van der Waals surface area (Å²) < 4.78 is 10.1. The smallest absolute Gasteiger partial charge is 0.407 e. The molecule has 0 saturated heterocycles. The lowest BCUT2D eigenvalue weighted by Crippen LogP contribution is -2.32. The van der Waals surface area contributed by atoms with Gasteiger partial charge in [0.1, 0.15) is 17.0 Å². The van der Waals surface area contributed by atoms with Gasteiger partial charge in [-0.3, -0.25) is 9.59 Å². The van der Waals surface area contributed by atoms with Crippen LogP contribution in [-0.4, -0.2) is 53.2 Å². The lowest BCUT2D eigenvalue weighted by atomic mass is 9.94. The summed E-state index contributed by atoms with van der Waals surface area (Å²) in [6, 6.07) is 12.7. The normalized spacial score (nSPS) is 10.9. The second-order valence-corrected chi connectivity index (χ2v) is 10.5. The molecule has 3 amide bonds. The molecule has 0 fully saturated rings. The van der Waals surface area contributed by atoms with E-state index in [9.17, 15) is 24.3 Å². The van der Waals surface area contributed by atoms with Gasteiger partial charge in [-0.2, -0.15) is 0 Å². The number of alkyl carbamates (subject to hydrolysis) is 1. The zero-order chi connectivity index (χ0) is 31.0. The number of phenolic OH excluding ortho intramolecular Hbond substituents is 1. The number of carbonyl (C=O) groups is 4. The molecule has 0 aliphatic heterocycles. The third-order valence-corrected chi connectivity index (χ3v) is 5.96. The predicted molar refractivity (Wildman–Crippen MR) is 158 cm³/mol. The number of nitrogens with zero attached hydrogens (tertiary/aromatic N) is 1. The largest absolute Gasteiger partial charge is 0.508 e. The summed E-state index contributed by atoms with van der Waals surface area (Å²) in [5, 5.41) is 18.7. The van der Waals surface area contributed by atoms with E-state index in [1.807, 2.05) is 6.92 Å². The summed E-state index contributed by atoms with van der Waals surface area (Å²) in [5.41, 5.74) is 1.52. The quantitative estimate of drug-likeness (QED) is 0.260. The number of methoxy groups -OCH3 is 1. The van der Waals surface area contributed by atoms with Crippen LogP contribution < -0.4 is 16.0 Å². The second-order valence-electron chi connectivity index (χ2n) is 10.5. The Balaban J connectivity index is 1.90. The molecule has 42 heavy (non-hydrogen) atoms. The van der Waals surface area contributed by atoms with Crippen molar-refractivity contribution >= 4 is 29.6 Å². The third-order valence-electron chi connectivity index (χ3n) is 5.96. The maximum Gasteiger partial charge on any atom is 0.407 e. The van der Waals surface area contributed by atoms with Gasteiger partial charge in [0.2, 0.25) is 0 Å². The Kier molecular flexibility index (Phi) is 10.2. The van der Waals surface area contributed by atoms with E-state index in [4.69, 9.17) is 9.47 Å². The zero-order valence-corrected chi connectivity index (χ0v) is 24.6. The maximum atomic E-state index is 13.5. The molecule has 0 radical (unpaired) electrons. The van der Waals surface area contributed by atoms with E-state index in [1.165, 1.54) is 31.4 Å². The number of hydrogen-bond acceptors (Lipinski definition) is 8. The molecule has 0 aliphatic carbocycles. The third kappa shape index (κ3) is 8.29. The molecule has 0 atom stereocenters. The molecule has 1 aromatic heterocycles. The minimum Gasteiger partial charge on any atom is -0.508 e. The molecule has 0 aliphatic rings. The number of pyridine rings is 1. The first-order valence-corrected chi connectivity index (χ1v) is 13.4. The number of nitrogens with one attached hydrogen (secondary N) is 3. The number of anilines is 1. The molecule has 0 saturated carbocycles. The molecule has 2 aromatic carbocycles. The van der Waals surface area contributed by atoms with Crippen LogP contribution in [0.5, 0.6) is 5.75 Å². The standard InChI is InChI=1S/C31H36N4O7/c1-7-14-32-28(38)24-13-12-21(26(35-24)29(39)41-6)22-16-25(36)18(2)15-23(22)27(37)34-20-10-8-19(9-11-20)17-33-30(40)42-31(3,4)5/h8-13,15-16,36H,7,14,17H2,1-6H3,(H,32,38)(H,33,40)(H,34,37). The first-order valence-electron chi connectivity index (χ1n) is 13.4. The topological polar surface area (TPSA) is 156 Å². The summed E-state index contributed by atoms with van der Waals surface area (Å²) in [6.07, 6.45) is 0.186. The number of phenols is 1. The van der Waals surface area contributed by atoms with E-state index in [0.29, 0.717) is 17.8 Å². The van der Waals surface area contributed by atoms with Crippen LogP contribution in [0, 0.1) is 6.92 Å². The summed E-state index contributed by atoms with van der Waals surface area (Å²) in [4.78, 5) is 54.8. The predicted octanol–water partition coefficient (Wildman–Crippen LogP) is 4.97. The maximum absolute atomic E-state index is 13.5. The van der Waals surface area contributed by atoms with E-state index in [0.717, 1.165) is 12.0 Å². The molecule has 1 heterocycles. The average Bonchev–Trinajstić information content (AvgIpc) is 2.95. The monoisotopic (exact) mass is 576 g/mol. The highest BCUT2D eigenvalue weighted by Gasteiger charge is 2.24. The summed E-state index contributed by atoms with van der Waals surface area (Å²) >= 11 is 0. The van der Waals surface area contributed by atoms with Crippen molar-refractivity contribution in [2.75, 3.05) is 19.0 Å². The number of benzene rings is 2. The molecular formula is C31H36N4O7. The van der Waals surface area contributed by atoms with Gasteiger partial charge in [0.15, 0.2) is 5.69 Å². The van der Waals surface area contributed by atoms with Crippen LogP contribution in [0.25, 0.3) is 11.1 Å². The molecule has 0 unspecified atom stereocenters. The van der Waals surface area contributed by atoms with Crippen LogP contribution in [0.2, 0.25) is 0 Å². The summed E-state index contributed by atoms with van der Waals surface area (Å²) in [5.74, 6) is -1.86. The van der Waals surface area contributed by atoms with Gasteiger partial charge < -0.3 is 30.5 Å². The number of rotatable bonds is 9. The molecule has 4 N–H and O–H groups in total. The number of aromatic hydroxyl groups is 1. The van der Waals surface area contributed by atoms with Crippen LogP contribution in [0.3, 0.4) is 0 Å². The SMILES string of the molecule is CCCNC(=O)c1ccc(-c2cc(O)c(C)cc2C(=O)Nc2ccc(CNC(=O)OC(C)(C)C)cc2)c(C(=O)OC)n1. The highest BCUT2D eigenvalue weighted by atomic mass is 16.6. The Morgan fingerprint density at radius 1 is 0.929 bits per heavy atom. The van der Waals surface area contributed by atoms with E-state index >= 15 is 0 Å². The number of aryl methyl sites for hydroxylation is 1. The summed E-state index contributed by atoms with van der Waals surface area (Å²) in [6.45, 7) is 9.56. The first-order chi connectivity index (χ1) is 19.8. The van der Waals surface area contributed by atoms with Gasteiger partial charge in [-0.1, -0.05) is 19.1 Å². The molecule has 222 valence electrons. The van der Waals surface area contributed by atoms with Gasteiger partial charge in [0, 0.05) is 35.5 Å². The van der Waals surface area contributed by atoms with Crippen molar-refractivity contribution in [2.24, 2.45) is 0 Å². The molecule has 11 nitrogen and oxygen atoms in total. The zero-order valence-electron chi connectivity index (χ0n) is 24.6. The molecule has 0 spiro atoms. The highest BCUT2D eigenvalue weighted by molar-refractivity contribution is 6.11. The Bertz CT molecular complexity index is 1480. The van der Waals surface area contributed by atoms with E-state index < -0.39 is 29.5 Å². The number of amides is 3. The Morgan fingerprint density at radius 2 is 1.62 bits per heavy atom. The fourth-order valence-electron chi connectivity index (χ4n) is 3.88. The van der Waals surface area contributed by atoms with E-state index in [2.05, 4.69) is 20.9 Å². The highest BCUT2D eigenvalue weighted by Crippen LogP contribution is 2.33. The fourth-order valence-corrected chi connectivity index (χ4v) is 3.88. The van der Waals surface area contributed by atoms with Crippen molar-refractivity contribution in [1.29, 1.82) is 0 Å². The van der Waals surface area contributed by atoms with Crippen molar-refractivity contribution in [2.45, 2.75) is 53.2 Å². The molecular weight excluding hydrogens is 540 g/mol. The van der Waals surface area contributed by atoms with Crippen LogP contribution >= 0.6 is 0 Å². The Hall–Kier alpha value is -4.93. The lowest BCUT2D eigenvalue weighted by molar-refractivity contribution is 0.0522. The van der Waals surface area contributed by atoms with Crippen molar-refractivity contribution in [3.8, 4) is 16.9 Å². The van der Waals surface area contributed by atoms with Crippen LogP contribution in [-0.2, 0) is 16.0 Å². The number of esters is 1. The molecule has 3 aromatic rings. The minimum atomic E-state index is -0.808. The number of carbonyl (C=O) groups excluding carboxylic acids is 4. The van der Waals surface area contributed by atoms with Crippen LogP contribution in [0.15, 0.2) is 48.5 Å². The van der Waals surface area contributed by atoms with Crippen LogP contribution in [0.1, 0.15) is 76.6 Å². The van der Waals surface area contributed by atoms with Gasteiger partial charge >= 0.3 is 12.1 Å². The minimum absolute atomic E-state index is 0.0104. The van der Waals surface area contributed by atoms with Gasteiger partial charge in [0.05, 0.1) is 7.11 Å². The van der Waals surface area contributed by atoms with Crippen molar-refractivity contribution in [3.63, 3.8) is 0 Å². The molecule has 11 heteroatoms. The number of aromatic nitrogens is 1. The molecule has 0 bridgehead atoms. The molecule has 3 rings (SSSR count). The van der Waals surface area contributed by atoms with Gasteiger partial charge in [-0.25, -0.2) is 14.6 Å². The number of hydrogen-bond donors (Lipinski definition) is 4. The second kappa shape index (κ2) is 13.6.